The molecule has 0 unspecified atom stereocenters. The van der Waals surface area contributed by atoms with Gasteiger partial charge in [0.25, 0.3) is 0 Å². The Morgan fingerprint density at radius 1 is 0.800 bits per heavy atom. The molecule has 1 amide bonds. The molecule has 0 aromatic heterocycles. The molecule has 0 spiro atoms. The topological polar surface area (TPSA) is 29.5 Å². The van der Waals surface area contributed by atoms with E-state index in [4.69, 9.17) is 4.84 Å². The maximum Gasteiger partial charge on any atom is 0.245 e. The molecule has 0 aliphatic heterocycles. The summed E-state index contributed by atoms with van der Waals surface area (Å²) in [4.78, 5) is 16.4. The van der Waals surface area contributed by atoms with Crippen molar-refractivity contribution in [3.63, 3.8) is 0 Å². The van der Waals surface area contributed by atoms with Crippen molar-refractivity contribution in [2.75, 3.05) is 14.2 Å². The first kappa shape index (κ1) is 23.9. The molecule has 0 aromatic carbocycles. The van der Waals surface area contributed by atoms with E-state index in [9.17, 15) is 4.79 Å². The molecule has 0 heterocycles. The maximum absolute atomic E-state index is 11.5. The number of hydrogen-bond donors (Lipinski definition) is 0. The number of hydrogen-bond acceptors (Lipinski definition) is 2. The van der Waals surface area contributed by atoms with Crippen LogP contribution in [0.15, 0.2) is 24.3 Å². The molecule has 25 heavy (non-hydrogen) atoms. The van der Waals surface area contributed by atoms with Gasteiger partial charge in [-0.15, -0.1) is 0 Å². The fourth-order valence-electron chi connectivity index (χ4n) is 2.70. The quantitative estimate of drug-likeness (QED) is 0.168. The Bertz CT molecular complexity index is 350. The Morgan fingerprint density at radius 3 is 1.88 bits per heavy atom. The normalized spacial score (nSPS) is 11.6. The van der Waals surface area contributed by atoms with Crippen LogP contribution in [0, 0.1) is 0 Å². The van der Waals surface area contributed by atoms with Gasteiger partial charge >= 0.3 is 0 Å². The van der Waals surface area contributed by atoms with E-state index in [1.807, 2.05) is 0 Å². The molecule has 0 aliphatic carbocycles. The van der Waals surface area contributed by atoms with E-state index < -0.39 is 0 Å². The van der Waals surface area contributed by atoms with E-state index in [1.165, 1.54) is 76.4 Å². The largest absolute Gasteiger partial charge is 0.275 e. The summed E-state index contributed by atoms with van der Waals surface area (Å²) in [6.45, 7) is 2.25. The lowest BCUT2D eigenvalue weighted by Gasteiger charge is -2.12. The number of hydroxylamine groups is 2. The monoisotopic (exact) mass is 351 g/mol. The van der Waals surface area contributed by atoms with Gasteiger partial charge in [-0.3, -0.25) is 9.63 Å². The third kappa shape index (κ3) is 17.5. The molecular weight excluding hydrogens is 310 g/mol. The minimum atomic E-state index is 0.0742. The van der Waals surface area contributed by atoms with E-state index in [-0.39, 0.29) is 5.91 Å². The standard InChI is InChI=1S/C22H41NO2/c1-4-5-6-7-8-9-10-11-12-13-14-15-16-17-18-19-20-21-22(24)23(2)25-3/h8-9,11-12H,4-7,10,13-21H2,1-3H3/b9-8-,12-11?. The molecule has 146 valence electrons. The van der Waals surface area contributed by atoms with E-state index in [2.05, 4.69) is 31.2 Å². The van der Waals surface area contributed by atoms with Crippen LogP contribution in [0.5, 0.6) is 0 Å². The first-order chi connectivity index (χ1) is 12.2. The predicted octanol–water partition coefficient (Wildman–Crippen LogP) is 6.60. The fourth-order valence-corrected chi connectivity index (χ4v) is 2.70. The summed E-state index contributed by atoms with van der Waals surface area (Å²) in [7, 11) is 3.19. The van der Waals surface area contributed by atoms with E-state index in [1.54, 1.807) is 7.05 Å². The molecular formula is C22H41NO2. The molecule has 0 fully saturated rings. The van der Waals surface area contributed by atoms with Gasteiger partial charge in [0.1, 0.15) is 0 Å². The smallest absolute Gasteiger partial charge is 0.245 e. The minimum Gasteiger partial charge on any atom is -0.275 e. The van der Waals surface area contributed by atoms with Gasteiger partial charge in [-0.1, -0.05) is 76.2 Å². The number of carbonyl (C=O) groups is 1. The highest BCUT2D eigenvalue weighted by atomic mass is 16.7. The van der Waals surface area contributed by atoms with Crippen LogP contribution in [-0.2, 0) is 9.63 Å². The van der Waals surface area contributed by atoms with Crippen molar-refractivity contribution in [3.8, 4) is 0 Å². The number of unbranched alkanes of at least 4 members (excludes halogenated alkanes) is 10. The lowest BCUT2D eigenvalue weighted by Crippen LogP contribution is -2.24. The van der Waals surface area contributed by atoms with Gasteiger partial charge in [-0.2, -0.15) is 0 Å². The molecule has 0 N–H and O–H groups in total. The highest BCUT2D eigenvalue weighted by Gasteiger charge is 2.06. The van der Waals surface area contributed by atoms with Gasteiger partial charge in [0, 0.05) is 13.5 Å². The molecule has 0 rings (SSSR count). The summed E-state index contributed by atoms with van der Waals surface area (Å²) >= 11 is 0. The van der Waals surface area contributed by atoms with Crippen LogP contribution in [-0.4, -0.2) is 25.1 Å². The Hall–Kier alpha value is -1.09. The Kier molecular flexibility index (Phi) is 18.4. The summed E-state index contributed by atoms with van der Waals surface area (Å²) in [6.07, 6.45) is 25.9. The van der Waals surface area contributed by atoms with Gasteiger partial charge in [-0.25, -0.2) is 5.06 Å². The zero-order valence-electron chi connectivity index (χ0n) is 17.0. The van der Waals surface area contributed by atoms with Gasteiger partial charge in [0.15, 0.2) is 0 Å². The van der Waals surface area contributed by atoms with Crippen molar-refractivity contribution >= 4 is 5.91 Å². The van der Waals surface area contributed by atoms with Crippen LogP contribution in [0.4, 0.5) is 0 Å². The number of nitrogens with zero attached hydrogens (tertiary/aromatic N) is 1. The molecule has 0 radical (unpaired) electrons. The van der Waals surface area contributed by atoms with Crippen LogP contribution in [0.1, 0.15) is 96.8 Å². The third-order valence-corrected chi connectivity index (χ3v) is 4.47. The number of rotatable bonds is 17. The van der Waals surface area contributed by atoms with E-state index in [0.717, 1.165) is 19.3 Å². The Balaban J connectivity index is 3.25. The van der Waals surface area contributed by atoms with Crippen LogP contribution in [0.3, 0.4) is 0 Å². The lowest BCUT2D eigenvalue weighted by atomic mass is 10.1. The van der Waals surface area contributed by atoms with Crippen LogP contribution < -0.4 is 0 Å². The van der Waals surface area contributed by atoms with Crippen LogP contribution >= 0.6 is 0 Å². The zero-order valence-corrected chi connectivity index (χ0v) is 17.0. The van der Waals surface area contributed by atoms with Crippen molar-refractivity contribution in [1.29, 1.82) is 0 Å². The van der Waals surface area contributed by atoms with Crippen molar-refractivity contribution in [3.05, 3.63) is 24.3 Å². The third-order valence-electron chi connectivity index (χ3n) is 4.47. The number of amides is 1. The second kappa shape index (κ2) is 19.2. The van der Waals surface area contributed by atoms with Crippen LogP contribution in [0.25, 0.3) is 0 Å². The van der Waals surface area contributed by atoms with Gasteiger partial charge < -0.3 is 0 Å². The maximum atomic E-state index is 11.5. The number of carbonyl (C=O) groups excluding carboxylic acids is 1. The first-order valence-corrected chi connectivity index (χ1v) is 10.3. The number of allylic oxidation sites excluding steroid dienone is 4. The van der Waals surface area contributed by atoms with Crippen LogP contribution in [0.2, 0.25) is 0 Å². The van der Waals surface area contributed by atoms with E-state index in [0.29, 0.717) is 6.42 Å². The zero-order chi connectivity index (χ0) is 18.6. The van der Waals surface area contributed by atoms with Crippen molar-refractivity contribution < 1.29 is 9.63 Å². The highest BCUT2D eigenvalue weighted by molar-refractivity contribution is 5.74. The van der Waals surface area contributed by atoms with Crippen molar-refractivity contribution in [2.45, 2.75) is 96.8 Å². The SMILES string of the molecule is CCCCC/C=C\CC=CCCCCCCCCCC(=O)N(C)OC. The molecule has 0 saturated heterocycles. The lowest BCUT2D eigenvalue weighted by molar-refractivity contribution is -0.168. The summed E-state index contributed by atoms with van der Waals surface area (Å²) in [5.74, 6) is 0.0742. The summed E-state index contributed by atoms with van der Waals surface area (Å²) < 4.78 is 0. The summed E-state index contributed by atoms with van der Waals surface area (Å²) in [6, 6.07) is 0. The minimum absolute atomic E-state index is 0.0742. The first-order valence-electron chi connectivity index (χ1n) is 10.3. The van der Waals surface area contributed by atoms with Gasteiger partial charge in [0.05, 0.1) is 7.11 Å². The summed E-state index contributed by atoms with van der Waals surface area (Å²) in [5, 5.41) is 1.32. The molecule has 0 bridgehead atoms. The fraction of sp³-hybridized carbons (Fsp3) is 0.773. The average molecular weight is 352 g/mol. The van der Waals surface area contributed by atoms with E-state index >= 15 is 0 Å². The molecule has 3 heteroatoms. The Morgan fingerprint density at radius 2 is 1.32 bits per heavy atom. The Labute approximate surface area is 156 Å². The van der Waals surface area contributed by atoms with Crippen molar-refractivity contribution in [1.82, 2.24) is 5.06 Å². The summed E-state index contributed by atoms with van der Waals surface area (Å²) in [5.41, 5.74) is 0. The molecule has 0 aromatic rings. The molecule has 3 nitrogen and oxygen atoms in total. The second-order valence-corrected chi connectivity index (χ2v) is 6.76. The molecule has 0 aliphatic rings. The van der Waals surface area contributed by atoms with Crippen molar-refractivity contribution in [2.24, 2.45) is 0 Å². The second-order valence-electron chi connectivity index (χ2n) is 6.76. The average Bonchev–Trinajstić information content (AvgIpc) is 2.63. The highest BCUT2D eigenvalue weighted by Crippen LogP contribution is 2.10. The molecule has 0 saturated carbocycles. The van der Waals surface area contributed by atoms with Gasteiger partial charge in [0.2, 0.25) is 5.91 Å². The van der Waals surface area contributed by atoms with Gasteiger partial charge in [-0.05, 0) is 38.5 Å². The predicted molar refractivity (Wildman–Crippen MR) is 108 cm³/mol. The molecule has 0 atom stereocenters.